The lowest BCUT2D eigenvalue weighted by Gasteiger charge is -2.10. The zero-order valence-electron chi connectivity index (χ0n) is 13.4. The van der Waals surface area contributed by atoms with Crippen molar-refractivity contribution in [2.24, 2.45) is 4.99 Å². The van der Waals surface area contributed by atoms with Gasteiger partial charge in [0.25, 0.3) is 0 Å². The van der Waals surface area contributed by atoms with E-state index >= 15 is 0 Å². The fourth-order valence-electron chi connectivity index (χ4n) is 2.74. The molecule has 1 aliphatic heterocycles. The van der Waals surface area contributed by atoms with Gasteiger partial charge in [-0.05, 0) is 17.2 Å². The van der Waals surface area contributed by atoms with Crippen LogP contribution in [0.25, 0.3) is 5.57 Å². The summed E-state index contributed by atoms with van der Waals surface area (Å²) in [6, 6.07) is 13.3. The maximum atomic E-state index is 10.4. The van der Waals surface area contributed by atoms with Crippen LogP contribution >= 0.6 is 0 Å². The molecular weight excluding hydrogens is 312 g/mol. The van der Waals surface area contributed by atoms with E-state index in [1.165, 1.54) is 0 Å². The van der Waals surface area contributed by atoms with Gasteiger partial charge in [0, 0.05) is 48.5 Å². The summed E-state index contributed by atoms with van der Waals surface area (Å²) < 4.78 is 0. The third kappa shape index (κ3) is 3.22. The van der Waals surface area contributed by atoms with Crippen molar-refractivity contribution in [1.82, 2.24) is 15.0 Å². The Morgan fingerprint density at radius 3 is 2.40 bits per heavy atom. The second-order valence-corrected chi connectivity index (χ2v) is 5.79. The first-order valence-corrected chi connectivity index (χ1v) is 8.03. The van der Waals surface area contributed by atoms with Gasteiger partial charge in [0.05, 0.1) is 5.71 Å². The SMILES string of the molecule is OC(c1ccccc1)c1ncc(C2=CN=C(c3cccnc3)C2)cn1. The number of hydrogen-bond donors (Lipinski definition) is 1. The molecular formula is C20H16N4O. The number of allylic oxidation sites excluding steroid dienone is 1. The molecule has 0 spiro atoms. The molecule has 0 amide bonds. The first-order chi connectivity index (χ1) is 12.3. The lowest BCUT2D eigenvalue weighted by atomic mass is 10.0. The van der Waals surface area contributed by atoms with Crippen molar-refractivity contribution in [3.05, 3.63) is 96.0 Å². The first-order valence-electron chi connectivity index (χ1n) is 8.03. The van der Waals surface area contributed by atoms with E-state index in [0.717, 1.165) is 34.4 Å². The Bertz CT molecular complexity index is 919. The molecule has 25 heavy (non-hydrogen) atoms. The fraction of sp³-hybridized carbons (Fsp3) is 0.100. The van der Waals surface area contributed by atoms with E-state index in [-0.39, 0.29) is 0 Å². The summed E-state index contributed by atoms with van der Waals surface area (Å²) in [5, 5.41) is 10.4. The van der Waals surface area contributed by atoms with Crippen LogP contribution in [0, 0.1) is 0 Å². The van der Waals surface area contributed by atoms with E-state index in [4.69, 9.17) is 0 Å². The van der Waals surface area contributed by atoms with Crippen LogP contribution in [0.15, 0.2) is 78.4 Å². The summed E-state index contributed by atoms with van der Waals surface area (Å²) in [5.41, 5.74) is 4.74. The quantitative estimate of drug-likeness (QED) is 0.798. The Hall–Kier alpha value is -3.18. The predicted molar refractivity (Wildman–Crippen MR) is 95.9 cm³/mol. The molecule has 3 aromatic rings. The number of rotatable bonds is 4. The number of aliphatic hydroxyl groups is 1. The average Bonchev–Trinajstić information content (AvgIpc) is 3.19. The van der Waals surface area contributed by atoms with Gasteiger partial charge in [-0.3, -0.25) is 9.98 Å². The lowest BCUT2D eigenvalue weighted by molar-refractivity contribution is 0.210. The highest BCUT2D eigenvalue weighted by molar-refractivity contribution is 6.08. The molecule has 4 rings (SSSR count). The average molecular weight is 328 g/mol. The van der Waals surface area contributed by atoms with Crippen molar-refractivity contribution in [3.63, 3.8) is 0 Å². The van der Waals surface area contributed by atoms with Gasteiger partial charge in [-0.2, -0.15) is 0 Å². The molecule has 5 nitrogen and oxygen atoms in total. The largest absolute Gasteiger partial charge is 0.380 e. The van der Waals surface area contributed by atoms with Crippen LogP contribution in [0.1, 0.15) is 35.0 Å². The third-order valence-corrected chi connectivity index (χ3v) is 4.13. The summed E-state index contributed by atoms with van der Waals surface area (Å²) in [5.74, 6) is 0.391. The van der Waals surface area contributed by atoms with Gasteiger partial charge in [0.1, 0.15) is 6.10 Å². The molecule has 0 bridgehead atoms. The van der Waals surface area contributed by atoms with Crippen molar-refractivity contribution >= 4 is 11.3 Å². The van der Waals surface area contributed by atoms with Gasteiger partial charge < -0.3 is 5.11 Å². The van der Waals surface area contributed by atoms with Crippen LogP contribution in [-0.2, 0) is 0 Å². The smallest absolute Gasteiger partial charge is 0.161 e. The molecule has 1 aliphatic rings. The van der Waals surface area contributed by atoms with Gasteiger partial charge in [0.2, 0.25) is 0 Å². The highest BCUT2D eigenvalue weighted by atomic mass is 16.3. The van der Waals surface area contributed by atoms with Crippen molar-refractivity contribution in [1.29, 1.82) is 0 Å². The second-order valence-electron chi connectivity index (χ2n) is 5.79. The molecule has 0 saturated carbocycles. The Morgan fingerprint density at radius 1 is 0.880 bits per heavy atom. The first kappa shape index (κ1) is 15.4. The van der Waals surface area contributed by atoms with Crippen LogP contribution in [-0.4, -0.2) is 25.8 Å². The zero-order valence-corrected chi connectivity index (χ0v) is 13.4. The molecule has 0 saturated heterocycles. The summed E-state index contributed by atoms with van der Waals surface area (Å²) in [6.45, 7) is 0. The standard InChI is InChI=1S/C20H16N4O/c25-19(14-5-2-1-3-6-14)20-23-12-17(13-24-20)16-9-18(22-11-16)15-7-4-8-21-10-15/h1-8,10-13,19,25H,9H2. The summed E-state index contributed by atoms with van der Waals surface area (Å²) >= 11 is 0. The van der Waals surface area contributed by atoms with Crippen molar-refractivity contribution in [2.45, 2.75) is 12.5 Å². The summed E-state index contributed by atoms with van der Waals surface area (Å²) in [4.78, 5) is 17.3. The van der Waals surface area contributed by atoms with Crippen LogP contribution in [0.4, 0.5) is 0 Å². The normalized spacial score (nSPS) is 14.8. The molecule has 1 aromatic carbocycles. The minimum Gasteiger partial charge on any atom is -0.380 e. The van der Waals surface area contributed by atoms with E-state index < -0.39 is 6.10 Å². The Balaban J connectivity index is 1.49. The fourth-order valence-corrected chi connectivity index (χ4v) is 2.74. The van der Waals surface area contributed by atoms with Crippen molar-refractivity contribution in [2.75, 3.05) is 0 Å². The third-order valence-electron chi connectivity index (χ3n) is 4.13. The molecule has 5 heteroatoms. The number of aliphatic hydroxyl groups excluding tert-OH is 1. The Labute approximate surface area is 145 Å². The molecule has 2 aromatic heterocycles. The summed E-state index contributed by atoms with van der Waals surface area (Å²) in [6.07, 6.45) is 8.77. The number of nitrogens with zero attached hydrogens (tertiary/aromatic N) is 4. The highest BCUT2D eigenvalue weighted by Gasteiger charge is 2.17. The molecule has 122 valence electrons. The van der Waals surface area contributed by atoms with Crippen LogP contribution in [0.2, 0.25) is 0 Å². The van der Waals surface area contributed by atoms with Gasteiger partial charge in [-0.1, -0.05) is 36.4 Å². The molecule has 1 atom stereocenters. The molecule has 1 unspecified atom stereocenters. The predicted octanol–water partition coefficient (Wildman–Crippen LogP) is 3.19. The van der Waals surface area contributed by atoms with Crippen molar-refractivity contribution < 1.29 is 5.11 Å². The number of aromatic nitrogens is 3. The van der Waals surface area contributed by atoms with Crippen molar-refractivity contribution in [3.8, 4) is 0 Å². The van der Waals surface area contributed by atoms with E-state index in [1.54, 1.807) is 18.6 Å². The highest BCUT2D eigenvalue weighted by Crippen LogP contribution is 2.26. The number of pyridine rings is 1. The minimum absolute atomic E-state index is 0.391. The second kappa shape index (κ2) is 6.75. The minimum atomic E-state index is -0.824. The molecule has 0 fully saturated rings. The van der Waals surface area contributed by atoms with Crippen LogP contribution < -0.4 is 0 Å². The maximum Gasteiger partial charge on any atom is 0.161 e. The van der Waals surface area contributed by atoms with E-state index in [9.17, 15) is 5.11 Å². The Morgan fingerprint density at radius 2 is 1.68 bits per heavy atom. The zero-order chi connectivity index (χ0) is 17.1. The molecule has 0 aliphatic carbocycles. The van der Waals surface area contributed by atoms with E-state index in [0.29, 0.717) is 5.82 Å². The number of hydrogen-bond acceptors (Lipinski definition) is 5. The Kier molecular flexibility index (Phi) is 4.14. The van der Waals surface area contributed by atoms with Crippen LogP contribution in [0.5, 0.6) is 0 Å². The topological polar surface area (TPSA) is 71.3 Å². The van der Waals surface area contributed by atoms with Gasteiger partial charge in [-0.25, -0.2) is 9.97 Å². The molecule has 0 radical (unpaired) electrons. The van der Waals surface area contributed by atoms with Gasteiger partial charge >= 0.3 is 0 Å². The van der Waals surface area contributed by atoms with E-state index in [1.807, 2.05) is 54.9 Å². The maximum absolute atomic E-state index is 10.4. The van der Waals surface area contributed by atoms with Crippen LogP contribution in [0.3, 0.4) is 0 Å². The van der Waals surface area contributed by atoms with Gasteiger partial charge in [-0.15, -0.1) is 0 Å². The molecule has 3 heterocycles. The summed E-state index contributed by atoms with van der Waals surface area (Å²) in [7, 11) is 0. The van der Waals surface area contributed by atoms with E-state index in [2.05, 4.69) is 19.9 Å². The number of aliphatic imine (C=N–C) groups is 1. The lowest BCUT2D eigenvalue weighted by Crippen LogP contribution is -2.06. The van der Waals surface area contributed by atoms with Gasteiger partial charge in [0.15, 0.2) is 5.82 Å². The monoisotopic (exact) mass is 328 g/mol. The number of benzene rings is 1. The molecule has 1 N–H and O–H groups in total.